The van der Waals surface area contributed by atoms with E-state index < -0.39 is 0 Å². The van der Waals surface area contributed by atoms with Gasteiger partial charge in [0, 0.05) is 19.6 Å². The number of benzene rings is 1. The number of rotatable bonds is 5. The minimum Gasteiger partial charge on any atom is -0.507 e. The molecule has 0 aliphatic carbocycles. The summed E-state index contributed by atoms with van der Waals surface area (Å²) in [6, 6.07) is 4.07. The Morgan fingerprint density at radius 2 is 1.75 bits per heavy atom. The molecule has 0 spiro atoms. The van der Waals surface area contributed by atoms with Crippen LogP contribution in [0.3, 0.4) is 0 Å². The van der Waals surface area contributed by atoms with E-state index in [1.165, 1.54) is 5.56 Å². The molecule has 0 saturated heterocycles. The highest BCUT2D eigenvalue weighted by Gasteiger charge is 2.02. The minimum absolute atomic E-state index is 0.414. The quantitative estimate of drug-likeness (QED) is 0.744. The van der Waals surface area contributed by atoms with Crippen molar-refractivity contribution >= 4 is 0 Å². The summed E-state index contributed by atoms with van der Waals surface area (Å²) in [5.74, 6) is 0.414. The second kappa shape index (κ2) is 5.87. The fraction of sp³-hybridized carbons (Fsp3) is 0.538. The molecule has 90 valence electrons. The van der Waals surface area contributed by atoms with Crippen LogP contribution in [0.25, 0.3) is 0 Å². The van der Waals surface area contributed by atoms with E-state index in [4.69, 9.17) is 0 Å². The number of aromatic hydroxyl groups is 1. The zero-order valence-electron chi connectivity index (χ0n) is 10.7. The van der Waals surface area contributed by atoms with Gasteiger partial charge in [0.15, 0.2) is 0 Å². The lowest BCUT2D eigenvalue weighted by Gasteiger charge is -2.11. The highest BCUT2D eigenvalue weighted by Crippen LogP contribution is 2.22. The Labute approximate surface area is 98.1 Å². The van der Waals surface area contributed by atoms with Gasteiger partial charge in [-0.3, -0.25) is 0 Å². The third-order valence-electron chi connectivity index (χ3n) is 2.62. The van der Waals surface area contributed by atoms with Gasteiger partial charge in [0.05, 0.1) is 0 Å². The van der Waals surface area contributed by atoms with Crippen LogP contribution in [0.2, 0.25) is 0 Å². The van der Waals surface area contributed by atoms with Crippen LogP contribution in [-0.4, -0.2) is 37.2 Å². The van der Waals surface area contributed by atoms with Crippen LogP contribution in [0.5, 0.6) is 5.75 Å². The molecular formula is C13H22N2O. The van der Waals surface area contributed by atoms with E-state index in [0.29, 0.717) is 5.75 Å². The molecule has 0 aromatic heterocycles. The first kappa shape index (κ1) is 13.0. The zero-order valence-corrected chi connectivity index (χ0v) is 10.7. The molecule has 0 unspecified atom stereocenters. The van der Waals surface area contributed by atoms with Gasteiger partial charge in [-0.1, -0.05) is 12.1 Å². The lowest BCUT2D eigenvalue weighted by molar-refractivity contribution is 0.400. The number of hydrogen-bond acceptors (Lipinski definition) is 3. The first-order valence-corrected chi connectivity index (χ1v) is 5.65. The van der Waals surface area contributed by atoms with Crippen LogP contribution in [-0.2, 0) is 6.54 Å². The van der Waals surface area contributed by atoms with Gasteiger partial charge in [-0.25, -0.2) is 0 Å². The molecule has 1 rings (SSSR count). The van der Waals surface area contributed by atoms with Crippen molar-refractivity contribution in [1.29, 1.82) is 0 Å². The molecule has 1 aromatic carbocycles. The summed E-state index contributed by atoms with van der Waals surface area (Å²) >= 11 is 0. The maximum atomic E-state index is 9.65. The maximum Gasteiger partial charge on any atom is 0.121 e. The number of hydrogen-bond donors (Lipinski definition) is 2. The lowest BCUT2D eigenvalue weighted by atomic mass is 10.1. The predicted molar refractivity (Wildman–Crippen MR) is 67.8 cm³/mol. The van der Waals surface area contributed by atoms with Gasteiger partial charge in [-0.15, -0.1) is 0 Å². The number of aryl methyl sites for hydroxylation is 2. The molecular weight excluding hydrogens is 200 g/mol. The Hall–Kier alpha value is -1.06. The topological polar surface area (TPSA) is 35.5 Å². The van der Waals surface area contributed by atoms with Crippen LogP contribution >= 0.6 is 0 Å². The lowest BCUT2D eigenvalue weighted by Crippen LogP contribution is -2.26. The largest absolute Gasteiger partial charge is 0.507 e. The summed E-state index contributed by atoms with van der Waals surface area (Å²) in [6.07, 6.45) is 0. The Bertz CT molecular complexity index is 325. The molecule has 1 aromatic rings. The number of nitrogens with zero attached hydrogens (tertiary/aromatic N) is 1. The Kier molecular flexibility index (Phi) is 4.77. The SMILES string of the molecule is Cc1cc(CNCCN(C)C)cc(C)c1O. The van der Waals surface area contributed by atoms with Gasteiger partial charge in [-0.2, -0.15) is 0 Å². The smallest absolute Gasteiger partial charge is 0.121 e. The van der Waals surface area contributed by atoms with E-state index in [0.717, 1.165) is 30.8 Å². The normalized spacial score (nSPS) is 11.1. The fourth-order valence-corrected chi connectivity index (χ4v) is 1.68. The second-order valence-corrected chi connectivity index (χ2v) is 4.56. The summed E-state index contributed by atoms with van der Waals surface area (Å²) in [5.41, 5.74) is 3.13. The van der Waals surface area contributed by atoms with Gasteiger partial charge in [0.2, 0.25) is 0 Å². The van der Waals surface area contributed by atoms with Crippen LogP contribution in [0.4, 0.5) is 0 Å². The van der Waals surface area contributed by atoms with Gasteiger partial charge in [0.25, 0.3) is 0 Å². The van der Waals surface area contributed by atoms with Crippen LogP contribution < -0.4 is 5.32 Å². The van der Waals surface area contributed by atoms with Crippen LogP contribution in [0.1, 0.15) is 16.7 Å². The zero-order chi connectivity index (χ0) is 12.1. The molecule has 0 aliphatic heterocycles. The first-order valence-electron chi connectivity index (χ1n) is 5.65. The average Bonchev–Trinajstić information content (AvgIpc) is 2.20. The predicted octanol–water partition coefficient (Wildman–Crippen LogP) is 1.66. The van der Waals surface area contributed by atoms with Crippen molar-refractivity contribution in [2.45, 2.75) is 20.4 Å². The van der Waals surface area contributed by atoms with Gasteiger partial charge in [0.1, 0.15) is 5.75 Å². The van der Waals surface area contributed by atoms with E-state index in [-0.39, 0.29) is 0 Å². The molecule has 3 nitrogen and oxygen atoms in total. The highest BCUT2D eigenvalue weighted by atomic mass is 16.3. The molecule has 0 heterocycles. The van der Waals surface area contributed by atoms with Crippen LogP contribution in [0, 0.1) is 13.8 Å². The number of likely N-dealkylation sites (N-methyl/N-ethyl adjacent to an activating group) is 1. The summed E-state index contributed by atoms with van der Waals surface area (Å²) < 4.78 is 0. The molecule has 2 N–H and O–H groups in total. The van der Waals surface area contributed by atoms with Crippen molar-refractivity contribution in [1.82, 2.24) is 10.2 Å². The Morgan fingerprint density at radius 1 is 1.19 bits per heavy atom. The van der Waals surface area contributed by atoms with E-state index in [9.17, 15) is 5.11 Å². The molecule has 0 bridgehead atoms. The second-order valence-electron chi connectivity index (χ2n) is 4.56. The summed E-state index contributed by atoms with van der Waals surface area (Å²) in [5, 5.41) is 13.0. The average molecular weight is 222 g/mol. The van der Waals surface area contributed by atoms with Crippen LogP contribution in [0.15, 0.2) is 12.1 Å². The number of nitrogens with one attached hydrogen (secondary N) is 1. The summed E-state index contributed by atoms with van der Waals surface area (Å²) in [4.78, 5) is 2.15. The highest BCUT2D eigenvalue weighted by molar-refractivity contribution is 5.42. The fourth-order valence-electron chi connectivity index (χ4n) is 1.68. The van der Waals surface area contributed by atoms with Gasteiger partial charge >= 0.3 is 0 Å². The molecule has 0 fully saturated rings. The third-order valence-corrected chi connectivity index (χ3v) is 2.62. The molecule has 0 aliphatic rings. The molecule has 0 saturated carbocycles. The monoisotopic (exact) mass is 222 g/mol. The van der Waals surface area contributed by atoms with Crippen molar-refractivity contribution in [3.05, 3.63) is 28.8 Å². The standard InChI is InChI=1S/C13H22N2O/c1-10-7-12(8-11(2)13(10)16)9-14-5-6-15(3)4/h7-8,14,16H,5-6,9H2,1-4H3. The number of phenolic OH excluding ortho intramolecular Hbond substituents is 1. The molecule has 3 heteroatoms. The van der Waals surface area contributed by atoms with Crippen molar-refractivity contribution in [3.63, 3.8) is 0 Å². The Morgan fingerprint density at radius 3 is 2.25 bits per heavy atom. The maximum absolute atomic E-state index is 9.65. The molecule has 0 radical (unpaired) electrons. The molecule has 0 atom stereocenters. The van der Waals surface area contributed by atoms with E-state index in [2.05, 4.69) is 24.3 Å². The number of phenols is 1. The molecule has 16 heavy (non-hydrogen) atoms. The van der Waals surface area contributed by atoms with Crippen molar-refractivity contribution in [2.75, 3.05) is 27.2 Å². The van der Waals surface area contributed by atoms with Gasteiger partial charge < -0.3 is 15.3 Å². The summed E-state index contributed by atoms with van der Waals surface area (Å²) in [6.45, 7) is 6.75. The van der Waals surface area contributed by atoms with E-state index >= 15 is 0 Å². The van der Waals surface area contributed by atoms with E-state index in [1.807, 2.05) is 26.0 Å². The van der Waals surface area contributed by atoms with Crippen molar-refractivity contribution in [2.24, 2.45) is 0 Å². The summed E-state index contributed by atoms with van der Waals surface area (Å²) in [7, 11) is 4.13. The van der Waals surface area contributed by atoms with Gasteiger partial charge in [-0.05, 0) is 44.6 Å². The van der Waals surface area contributed by atoms with E-state index in [1.54, 1.807) is 0 Å². The minimum atomic E-state index is 0.414. The molecule has 0 amide bonds. The third kappa shape index (κ3) is 3.83. The van der Waals surface area contributed by atoms with Crippen molar-refractivity contribution < 1.29 is 5.11 Å². The first-order chi connectivity index (χ1) is 7.50. The van der Waals surface area contributed by atoms with Crippen molar-refractivity contribution in [3.8, 4) is 5.75 Å². The Balaban J connectivity index is 2.49.